The van der Waals surface area contributed by atoms with Crippen molar-refractivity contribution in [2.75, 3.05) is 6.54 Å². The fourth-order valence-electron chi connectivity index (χ4n) is 8.46. The number of unbranched alkanes of at least 4 members (excludes halogenated alkanes) is 35. The lowest BCUT2D eigenvalue weighted by Gasteiger charge is -2.18. The summed E-state index contributed by atoms with van der Waals surface area (Å²) in [5.41, 5.74) is 5.50. The molecule has 0 spiro atoms. The van der Waals surface area contributed by atoms with Gasteiger partial charge in [-0.15, -0.1) is 0 Å². The number of esters is 1. The molecule has 0 fully saturated rings. The number of hydrogen-bond donors (Lipinski definition) is 3. The van der Waals surface area contributed by atoms with E-state index in [1.165, 1.54) is 193 Å². The molecule has 0 aromatic carbocycles. The Kier molecular flexibility index (Phi) is 46.1. The van der Waals surface area contributed by atoms with E-state index in [4.69, 9.17) is 10.5 Å². The van der Waals surface area contributed by atoms with Gasteiger partial charge in [-0.2, -0.15) is 0 Å². The molecule has 4 N–H and O–H groups in total. The third kappa shape index (κ3) is 44.2. The van der Waals surface area contributed by atoms with Gasteiger partial charge < -0.3 is 20.9 Å². The summed E-state index contributed by atoms with van der Waals surface area (Å²) >= 11 is 0. The van der Waals surface area contributed by atoms with Gasteiger partial charge in [0, 0.05) is 12.8 Å². The first-order chi connectivity index (χ1) is 28.9. The Morgan fingerprint density at radius 2 is 0.729 bits per heavy atom. The van der Waals surface area contributed by atoms with Gasteiger partial charge in [-0.05, 0) is 57.9 Å². The highest BCUT2D eigenvalue weighted by molar-refractivity contribution is 5.83. The number of nitrogens with one attached hydrogen (secondary N) is 1. The van der Waals surface area contributed by atoms with Crippen LogP contribution >= 0.6 is 0 Å². The summed E-state index contributed by atoms with van der Waals surface area (Å²) in [6, 6.07) is -0.852. The summed E-state index contributed by atoms with van der Waals surface area (Å²) in [5.74, 6) is -1.21. The monoisotopic (exact) mass is 835 g/mol. The molecule has 0 aliphatic carbocycles. The minimum absolute atomic E-state index is 0.0114. The molecule has 1 amide bonds. The normalized spacial score (nSPS) is 12.5. The van der Waals surface area contributed by atoms with E-state index in [0.717, 1.165) is 64.2 Å². The highest BCUT2D eigenvalue weighted by Gasteiger charge is 2.19. The number of carboxylic acids is 1. The van der Waals surface area contributed by atoms with Crippen molar-refractivity contribution in [3.63, 3.8) is 0 Å². The molecule has 0 aromatic heterocycles. The molecule has 7 nitrogen and oxygen atoms in total. The Hall–Kier alpha value is -1.63. The maximum Gasteiger partial charge on any atom is 0.326 e. The summed E-state index contributed by atoms with van der Waals surface area (Å²) in [6.07, 6.45) is 53.2. The molecule has 7 heteroatoms. The van der Waals surface area contributed by atoms with Crippen LogP contribution in [0.25, 0.3) is 0 Å². The fourth-order valence-corrected chi connectivity index (χ4v) is 8.46. The molecule has 0 saturated carbocycles. The van der Waals surface area contributed by atoms with Gasteiger partial charge in [-0.3, -0.25) is 9.59 Å². The van der Waals surface area contributed by atoms with E-state index in [1.807, 2.05) is 0 Å². The molecule has 350 valence electrons. The summed E-state index contributed by atoms with van der Waals surface area (Å²) in [4.78, 5) is 36.5. The molecule has 0 aliphatic rings. The van der Waals surface area contributed by atoms with Crippen LogP contribution in [0, 0.1) is 0 Å². The number of carboxylic acid groups (broad SMARTS) is 1. The average Bonchev–Trinajstić information content (AvgIpc) is 3.22. The minimum atomic E-state index is -0.999. The quantitative estimate of drug-likeness (QED) is 0.0415. The molecular weight excluding hydrogens is 733 g/mol. The van der Waals surface area contributed by atoms with Gasteiger partial charge in [0.25, 0.3) is 0 Å². The predicted molar refractivity (Wildman–Crippen MR) is 253 cm³/mol. The van der Waals surface area contributed by atoms with E-state index in [0.29, 0.717) is 32.2 Å². The lowest BCUT2D eigenvalue weighted by atomic mass is 10.0. The third-order valence-corrected chi connectivity index (χ3v) is 12.4. The summed E-state index contributed by atoms with van der Waals surface area (Å²) in [7, 11) is 0. The van der Waals surface area contributed by atoms with Crippen molar-refractivity contribution in [3.05, 3.63) is 0 Å². The molecule has 2 unspecified atom stereocenters. The Labute approximate surface area is 367 Å². The molecule has 0 bridgehead atoms. The molecule has 0 rings (SSSR count). The Morgan fingerprint density at radius 3 is 1.05 bits per heavy atom. The van der Waals surface area contributed by atoms with Gasteiger partial charge in [-0.25, -0.2) is 4.79 Å². The molecule has 0 heterocycles. The maximum absolute atomic E-state index is 12.9. The van der Waals surface area contributed by atoms with E-state index in [9.17, 15) is 19.5 Å². The lowest BCUT2D eigenvalue weighted by molar-refractivity contribution is -0.150. The molecule has 0 radical (unpaired) electrons. The van der Waals surface area contributed by atoms with Gasteiger partial charge in [0.05, 0.1) is 0 Å². The highest BCUT2D eigenvalue weighted by Crippen LogP contribution is 2.20. The molecular formula is C52H102N2O5. The molecule has 59 heavy (non-hydrogen) atoms. The zero-order chi connectivity index (χ0) is 43.1. The van der Waals surface area contributed by atoms with Crippen molar-refractivity contribution in [1.82, 2.24) is 5.32 Å². The van der Waals surface area contributed by atoms with Gasteiger partial charge in [0.2, 0.25) is 5.91 Å². The van der Waals surface area contributed by atoms with Crippen LogP contribution in [0.1, 0.15) is 296 Å². The molecule has 0 aliphatic heterocycles. The van der Waals surface area contributed by atoms with Gasteiger partial charge in [0.15, 0.2) is 0 Å². The van der Waals surface area contributed by atoms with Gasteiger partial charge in [-0.1, -0.05) is 232 Å². The van der Waals surface area contributed by atoms with E-state index in [1.54, 1.807) is 0 Å². The smallest absolute Gasteiger partial charge is 0.326 e. The number of aliphatic carboxylic acids is 1. The first-order valence-corrected chi connectivity index (χ1v) is 26.4. The van der Waals surface area contributed by atoms with Crippen molar-refractivity contribution in [1.29, 1.82) is 0 Å². The molecule has 0 saturated heterocycles. The second-order valence-electron chi connectivity index (χ2n) is 18.3. The van der Waals surface area contributed by atoms with E-state index in [2.05, 4.69) is 19.2 Å². The standard InChI is InChI=1S/C52H102N2O5/c1-3-5-7-9-11-13-15-16-17-18-19-20-21-22-23-24-25-26-27-29-31-36-40-46-51(56)59-48(42-37-33-30-28-14-12-10-8-6-4-2)43-38-34-32-35-39-45-50(55)54-49(52(57)58)44-41-47-53/h48-49H,3-47,53H2,1-2H3,(H,54,55)(H,57,58). The SMILES string of the molecule is CCCCCCCCCCCCCCCCCCCCCCCCCC(=O)OC(CCCCCCCCCCCC)CCCCCCCC(=O)NC(CCCN)C(=O)O. The van der Waals surface area contributed by atoms with Crippen LogP contribution in [-0.4, -0.2) is 41.6 Å². The zero-order valence-corrected chi connectivity index (χ0v) is 39.6. The van der Waals surface area contributed by atoms with E-state index in [-0.39, 0.29) is 18.0 Å². The van der Waals surface area contributed by atoms with Crippen LogP contribution in [0.15, 0.2) is 0 Å². The molecule has 0 aromatic rings. The third-order valence-electron chi connectivity index (χ3n) is 12.4. The Bertz CT molecular complexity index is 898. The highest BCUT2D eigenvalue weighted by atomic mass is 16.5. The van der Waals surface area contributed by atoms with E-state index < -0.39 is 12.0 Å². The largest absolute Gasteiger partial charge is 0.480 e. The minimum Gasteiger partial charge on any atom is -0.480 e. The number of amides is 1. The van der Waals surface area contributed by atoms with Crippen LogP contribution < -0.4 is 11.1 Å². The first kappa shape index (κ1) is 57.4. The van der Waals surface area contributed by atoms with Crippen LogP contribution in [0.2, 0.25) is 0 Å². The summed E-state index contributed by atoms with van der Waals surface area (Å²) in [5, 5.41) is 12.0. The number of nitrogens with two attached hydrogens (primary N) is 1. The van der Waals surface area contributed by atoms with Crippen molar-refractivity contribution in [2.24, 2.45) is 5.73 Å². The predicted octanol–water partition coefficient (Wildman–Crippen LogP) is 15.6. The topological polar surface area (TPSA) is 119 Å². The summed E-state index contributed by atoms with van der Waals surface area (Å²) < 4.78 is 6.08. The van der Waals surface area contributed by atoms with Crippen molar-refractivity contribution in [3.8, 4) is 0 Å². The summed E-state index contributed by atoms with van der Waals surface area (Å²) in [6.45, 7) is 4.98. The second kappa shape index (κ2) is 47.4. The number of carbonyl (C=O) groups excluding carboxylic acids is 2. The van der Waals surface area contributed by atoms with Crippen molar-refractivity contribution >= 4 is 17.8 Å². The van der Waals surface area contributed by atoms with Crippen LogP contribution in [0.4, 0.5) is 0 Å². The molecule has 2 atom stereocenters. The number of rotatable bonds is 49. The van der Waals surface area contributed by atoms with Crippen LogP contribution in [-0.2, 0) is 19.1 Å². The number of ether oxygens (including phenoxy) is 1. The number of hydrogen-bond acceptors (Lipinski definition) is 5. The maximum atomic E-state index is 12.9. The average molecular weight is 835 g/mol. The number of carbonyl (C=O) groups is 3. The lowest BCUT2D eigenvalue weighted by Crippen LogP contribution is -2.40. The first-order valence-electron chi connectivity index (χ1n) is 26.4. The van der Waals surface area contributed by atoms with Gasteiger partial charge in [0.1, 0.15) is 12.1 Å². The fraction of sp³-hybridized carbons (Fsp3) is 0.942. The van der Waals surface area contributed by atoms with E-state index >= 15 is 0 Å². The van der Waals surface area contributed by atoms with Gasteiger partial charge >= 0.3 is 11.9 Å². The van der Waals surface area contributed by atoms with Crippen LogP contribution in [0.5, 0.6) is 0 Å². The van der Waals surface area contributed by atoms with Crippen molar-refractivity contribution < 1.29 is 24.2 Å². The zero-order valence-electron chi connectivity index (χ0n) is 39.6. The van der Waals surface area contributed by atoms with Crippen LogP contribution in [0.3, 0.4) is 0 Å². The second-order valence-corrected chi connectivity index (χ2v) is 18.3. The Morgan fingerprint density at radius 1 is 0.424 bits per heavy atom. The van der Waals surface area contributed by atoms with Crippen molar-refractivity contribution in [2.45, 2.75) is 309 Å². The Balaban J connectivity index is 4.05.